The molecule has 0 aliphatic carbocycles. The van der Waals surface area contributed by atoms with Crippen LogP contribution in [0.4, 0.5) is 11.4 Å². The van der Waals surface area contributed by atoms with Gasteiger partial charge in [-0.1, -0.05) is 0 Å². The summed E-state index contributed by atoms with van der Waals surface area (Å²) < 4.78 is 4.69. The van der Waals surface area contributed by atoms with Crippen LogP contribution in [-0.2, 0) is 11.3 Å². The van der Waals surface area contributed by atoms with Crippen LogP contribution in [0.15, 0.2) is 29.6 Å². The number of aryl methyl sites for hydroxylation is 1. The number of thiophene rings is 1. The van der Waals surface area contributed by atoms with Crippen LogP contribution in [0.25, 0.3) is 0 Å². The summed E-state index contributed by atoms with van der Waals surface area (Å²) in [6.45, 7) is 2.63. The highest BCUT2D eigenvalue weighted by atomic mass is 32.1. The van der Waals surface area contributed by atoms with Crippen molar-refractivity contribution in [1.29, 1.82) is 0 Å². The molecule has 0 atom stereocenters. The highest BCUT2D eigenvalue weighted by molar-refractivity contribution is 7.10. The minimum Gasteiger partial charge on any atom is -0.465 e. The number of nitrogens with one attached hydrogen (secondary N) is 1. The summed E-state index contributed by atoms with van der Waals surface area (Å²) in [5.74, 6) is -0.322. The molecule has 0 saturated heterocycles. The van der Waals surface area contributed by atoms with Crippen LogP contribution in [-0.4, -0.2) is 13.1 Å². The van der Waals surface area contributed by atoms with Crippen molar-refractivity contribution in [2.24, 2.45) is 0 Å². The summed E-state index contributed by atoms with van der Waals surface area (Å²) in [5.41, 5.74) is 9.18. The van der Waals surface area contributed by atoms with Crippen LogP contribution >= 0.6 is 11.3 Å². The highest BCUT2D eigenvalue weighted by Crippen LogP contribution is 2.22. The Hall–Kier alpha value is -2.01. The summed E-state index contributed by atoms with van der Waals surface area (Å²) in [6.07, 6.45) is 0. The lowest BCUT2D eigenvalue weighted by molar-refractivity contribution is 0.0600. The zero-order chi connectivity index (χ0) is 13.8. The minimum absolute atomic E-state index is 0.322. The molecule has 0 aliphatic rings. The van der Waals surface area contributed by atoms with E-state index < -0.39 is 0 Å². The Morgan fingerprint density at radius 1 is 1.42 bits per heavy atom. The van der Waals surface area contributed by atoms with Gasteiger partial charge in [0.1, 0.15) is 0 Å². The van der Waals surface area contributed by atoms with Gasteiger partial charge in [0.2, 0.25) is 0 Å². The number of hydrogen-bond donors (Lipinski definition) is 2. The largest absolute Gasteiger partial charge is 0.465 e. The maximum Gasteiger partial charge on any atom is 0.337 e. The number of carbonyl (C=O) groups excluding carboxylic acids is 1. The molecule has 19 heavy (non-hydrogen) atoms. The molecular formula is C14H16N2O2S. The van der Waals surface area contributed by atoms with Gasteiger partial charge in [0.05, 0.1) is 19.2 Å². The third-order valence-corrected chi connectivity index (χ3v) is 3.80. The lowest BCUT2D eigenvalue weighted by Gasteiger charge is -2.10. The van der Waals surface area contributed by atoms with Crippen LogP contribution in [0.5, 0.6) is 0 Å². The summed E-state index contributed by atoms with van der Waals surface area (Å²) in [7, 11) is 1.38. The van der Waals surface area contributed by atoms with Gasteiger partial charge in [-0.15, -0.1) is 11.3 Å². The Labute approximate surface area is 116 Å². The fourth-order valence-electron chi connectivity index (χ4n) is 1.78. The highest BCUT2D eigenvalue weighted by Gasteiger charge is 2.08. The number of anilines is 2. The van der Waals surface area contributed by atoms with Crippen molar-refractivity contribution >= 4 is 28.7 Å². The van der Waals surface area contributed by atoms with Crippen molar-refractivity contribution in [3.8, 4) is 0 Å². The van der Waals surface area contributed by atoms with Gasteiger partial charge in [0.15, 0.2) is 0 Å². The van der Waals surface area contributed by atoms with Gasteiger partial charge >= 0.3 is 5.97 Å². The molecule has 0 fully saturated rings. The van der Waals surface area contributed by atoms with Gasteiger partial charge in [-0.25, -0.2) is 4.79 Å². The van der Waals surface area contributed by atoms with Gasteiger partial charge in [0, 0.05) is 16.3 Å². The molecule has 1 heterocycles. The normalized spacial score (nSPS) is 10.2. The van der Waals surface area contributed by atoms with E-state index in [2.05, 4.69) is 5.32 Å². The second-order valence-corrected chi connectivity index (χ2v) is 5.17. The summed E-state index contributed by atoms with van der Waals surface area (Å²) in [4.78, 5) is 12.5. The molecule has 0 bridgehead atoms. The molecule has 1 aromatic heterocycles. The van der Waals surface area contributed by atoms with Crippen molar-refractivity contribution < 1.29 is 9.53 Å². The third-order valence-electron chi connectivity index (χ3n) is 2.87. The average Bonchev–Trinajstić information content (AvgIpc) is 2.82. The van der Waals surface area contributed by atoms with E-state index in [0.717, 1.165) is 21.8 Å². The first kappa shape index (κ1) is 13.4. The van der Waals surface area contributed by atoms with Crippen LogP contribution < -0.4 is 11.1 Å². The van der Waals surface area contributed by atoms with Crippen LogP contribution in [0, 0.1) is 6.92 Å². The topological polar surface area (TPSA) is 64.3 Å². The molecular weight excluding hydrogens is 260 g/mol. The molecule has 0 unspecified atom stereocenters. The van der Waals surface area contributed by atoms with E-state index in [1.165, 1.54) is 7.11 Å². The van der Waals surface area contributed by atoms with Gasteiger partial charge in [0.25, 0.3) is 0 Å². The number of hydrogen-bond acceptors (Lipinski definition) is 5. The fourth-order valence-corrected chi connectivity index (χ4v) is 2.52. The maximum atomic E-state index is 11.4. The van der Waals surface area contributed by atoms with E-state index in [-0.39, 0.29) is 5.97 Å². The lowest BCUT2D eigenvalue weighted by Crippen LogP contribution is -2.05. The van der Waals surface area contributed by atoms with Crippen molar-refractivity contribution in [2.45, 2.75) is 13.5 Å². The number of nitrogen functional groups attached to an aromatic ring is 1. The van der Waals surface area contributed by atoms with E-state index in [4.69, 9.17) is 10.5 Å². The lowest BCUT2D eigenvalue weighted by atomic mass is 10.1. The SMILES string of the molecule is COC(=O)c1ccc(NCc2sccc2N)c(C)c1. The van der Waals surface area contributed by atoms with Gasteiger partial charge in [-0.2, -0.15) is 0 Å². The van der Waals surface area contributed by atoms with Gasteiger partial charge < -0.3 is 15.8 Å². The number of esters is 1. The molecule has 0 radical (unpaired) electrons. The molecule has 5 heteroatoms. The molecule has 100 valence electrons. The van der Waals surface area contributed by atoms with E-state index >= 15 is 0 Å². The molecule has 0 amide bonds. The number of benzene rings is 1. The first-order valence-corrected chi connectivity index (χ1v) is 6.74. The van der Waals surface area contributed by atoms with E-state index in [9.17, 15) is 4.79 Å². The van der Waals surface area contributed by atoms with Crippen LogP contribution in [0.3, 0.4) is 0 Å². The van der Waals surface area contributed by atoms with Crippen molar-refractivity contribution in [2.75, 3.05) is 18.2 Å². The predicted molar refractivity (Wildman–Crippen MR) is 78.6 cm³/mol. The average molecular weight is 276 g/mol. The molecule has 0 saturated carbocycles. The number of carbonyl (C=O) groups is 1. The smallest absolute Gasteiger partial charge is 0.337 e. The molecule has 3 N–H and O–H groups in total. The standard InChI is InChI=1S/C14H16N2O2S/c1-9-7-10(14(17)18-2)3-4-12(9)16-8-13-11(15)5-6-19-13/h3-7,16H,8,15H2,1-2H3. The van der Waals surface area contributed by atoms with E-state index in [1.54, 1.807) is 17.4 Å². The number of nitrogens with two attached hydrogens (primary N) is 1. The summed E-state index contributed by atoms with van der Waals surface area (Å²) >= 11 is 1.62. The minimum atomic E-state index is -0.322. The third kappa shape index (κ3) is 3.06. The van der Waals surface area contributed by atoms with Crippen LogP contribution in [0.2, 0.25) is 0 Å². The van der Waals surface area contributed by atoms with Crippen LogP contribution in [0.1, 0.15) is 20.8 Å². The first-order chi connectivity index (χ1) is 9.11. The van der Waals surface area contributed by atoms with Crippen molar-refractivity contribution in [3.63, 3.8) is 0 Å². The number of ether oxygens (including phenoxy) is 1. The Balaban J connectivity index is 2.09. The molecule has 0 aliphatic heterocycles. The summed E-state index contributed by atoms with van der Waals surface area (Å²) in [6, 6.07) is 7.34. The zero-order valence-electron chi connectivity index (χ0n) is 10.9. The molecule has 2 aromatic rings. The summed E-state index contributed by atoms with van der Waals surface area (Å²) in [5, 5.41) is 5.29. The Kier molecular flexibility index (Phi) is 4.06. The number of methoxy groups -OCH3 is 1. The van der Waals surface area contributed by atoms with Crippen molar-refractivity contribution in [1.82, 2.24) is 0 Å². The Morgan fingerprint density at radius 2 is 2.21 bits per heavy atom. The molecule has 1 aromatic carbocycles. The van der Waals surface area contributed by atoms with E-state index in [0.29, 0.717) is 12.1 Å². The molecule has 4 nitrogen and oxygen atoms in total. The Bertz CT molecular complexity index is 593. The molecule has 0 spiro atoms. The quantitative estimate of drug-likeness (QED) is 0.842. The predicted octanol–water partition coefficient (Wildman–Crippen LogP) is 3.04. The first-order valence-electron chi connectivity index (χ1n) is 5.86. The number of rotatable bonds is 4. The monoisotopic (exact) mass is 276 g/mol. The second-order valence-electron chi connectivity index (χ2n) is 4.17. The fraction of sp³-hybridized carbons (Fsp3) is 0.214. The second kappa shape index (κ2) is 5.75. The van der Waals surface area contributed by atoms with Gasteiger partial charge in [-0.05, 0) is 42.1 Å². The zero-order valence-corrected chi connectivity index (χ0v) is 11.7. The Morgan fingerprint density at radius 3 is 2.79 bits per heavy atom. The van der Waals surface area contributed by atoms with Crippen molar-refractivity contribution in [3.05, 3.63) is 45.6 Å². The van der Waals surface area contributed by atoms with E-state index in [1.807, 2.05) is 30.5 Å². The van der Waals surface area contributed by atoms with Gasteiger partial charge in [-0.3, -0.25) is 0 Å². The molecule has 2 rings (SSSR count). The maximum absolute atomic E-state index is 11.4.